The van der Waals surface area contributed by atoms with Crippen LogP contribution in [-0.2, 0) is 17.9 Å². The second kappa shape index (κ2) is 6.45. The van der Waals surface area contributed by atoms with Gasteiger partial charge in [0.25, 0.3) is 0 Å². The van der Waals surface area contributed by atoms with E-state index in [1.54, 1.807) is 11.9 Å². The van der Waals surface area contributed by atoms with Crippen LogP contribution in [0.4, 0.5) is 5.95 Å². The summed E-state index contributed by atoms with van der Waals surface area (Å²) in [5.41, 5.74) is 1.01. The van der Waals surface area contributed by atoms with E-state index in [0.29, 0.717) is 6.54 Å². The van der Waals surface area contributed by atoms with Crippen LogP contribution in [0.15, 0.2) is 48.8 Å². The van der Waals surface area contributed by atoms with Crippen LogP contribution in [0.5, 0.6) is 0 Å². The van der Waals surface area contributed by atoms with Crippen molar-refractivity contribution in [2.45, 2.75) is 13.1 Å². The van der Waals surface area contributed by atoms with Crippen LogP contribution in [0, 0.1) is 10.1 Å². The molecule has 0 saturated heterocycles. The number of aromatic nitrogens is 3. The highest BCUT2D eigenvalue weighted by Crippen LogP contribution is 2.16. The van der Waals surface area contributed by atoms with Gasteiger partial charge in [-0.2, -0.15) is 4.68 Å². The van der Waals surface area contributed by atoms with Crippen molar-refractivity contribution in [2.75, 3.05) is 7.05 Å². The molecule has 122 valence electrons. The number of hydrogen-bond acceptors (Lipinski definition) is 5. The number of rotatable bonds is 5. The van der Waals surface area contributed by atoms with Crippen molar-refractivity contribution >= 4 is 22.6 Å². The smallest absolute Gasteiger partial charge is 0.390 e. The van der Waals surface area contributed by atoms with E-state index in [4.69, 9.17) is 0 Å². The second-order valence-corrected chi connectivity index (χ2v) is 5.43. The standard InChI is InChI=1S/C16H15N5O3/c1-19(15(22)10-20-11-17-16(18-20)21(23)24)9-12-6-7-13-4-2-3-5-14(13)8-12/h2-8,11H,9-10H2,1H3. The Morgan fingerprint density at radius 3 is 2.71 bits per heavy atom. The van der Waals surface area contributed by atoms with Gasteiger partial charge in [-0.1, -0.05) is 41.4 Å². The molecule has 0 N–H and O–H groups in total. The molecule has 0 aliphatic rings. The summed E-state index contributed by atoms with van der Waals surface area (Å²) in [4.78, 5) is 27.2. The number of fused-ring (bicyclic) bond motifs is 1. The van der Waals surface area contributed by atoms with E-state index in [-0.39, 0.29) is 12.5 Å². The Hall–Kier alpha value is -3.29. The zero-order valence-electron chi connectivity index (χ0n) is 13.0. The minimum atomic E-state index is -0.695. The van der Waals surface area contributed by atoms with E-state index in [9.17, 15) is 14.9 Å². The zero-order chi connectivity index (χ0) is 17.1. The summed E-state index contributed by atoms with van der Waals surface area (Å²) in [6.07, 6.45) is 1.18. The molecule has 0 unspecified atom stereocenters. The molecular formula is C16H15N5O3. The van der Waals surface area contributed by atoms with Crippen LogP contribution in [0.3, 0.4) is 0 Å². The summed E-state index contributed by atoms with van der Waals surface area (Å²) < 4.78 is 1.16. The van der Waals surface area contributed by atoms with E-state index in [2.05, 4.69) is 10.1 Å². The van der Waals surface area contributed by atoms with Gasteiger partial charge in [-0.15, -0.1) is 0 Å². The Labute approximate surface area is 137 Å². The molecular weight excluding hydrogens is 310 g/mol. The lowest BCUT2D eigenvalue weighted by Crippen LogP contribution is -2.30. The number of likely N-dealkylation sites (N-methyl/N-ethyl adjacent to an activating group) is 1. The third-order valence-electron chi connectivity index (χ3n) is 3.64. The van der Waals surface area contributed by atoms with E-state index in [1.165, 1.54) is 6.33 Å². The molecule has 0 spiro atoms. The summed E-state index contributed by atoms with van der Waals surface area (Å²) in [6.45, 7) is 0.353. The Morgan fingerprint density at radius 2 is 2.00 bits per heavy atom. The molecule has 1 amide bonds. The number of nitro groups is 1. The first-order valence-corrected chi connectivity index (χ1v) is 7.28. The van der Waals surface area contributed by atoms with Gasteiger partial charge in [0, 0.05) is 18.7 Å². The minimum absolute atomic E-state index is 0.0923. The van der Waals surface area contributed by atoms with Crippen molar-refractivity contribution < 1.29 is 9.72 Å². The van der Waals surface area contributed by atoms with Gasteiger partial charge in [0.15, 0.2) is 0 Å². The van der Waals surface area contributed by atoms with Crippen molar-refractivity contribution in [1.29, 1.82) is 0 Å². The fraction of sp³-hybridized carbons (Fsp3) is 0.188. The lowest BCUT2D eigenvalue weighted by molar-refractivity contribution is -0.394. The first-order valence-electron chi connectivity index (χ1n) is 7.28. The summed E-state index contributed by atoms with van der Waals surface area (Å²) in [5, 5.41) is 16.5. The molecule has 0 bridgehead atoms. The molecule has 3 aromatic rings. The third-order valence-corrected chi connectivity index (χ3v) is 3.64. The maximum absolute atomic E-state index is 12.2. The first-order chi connectivity index (χ1) is 11.5. The molecule has 0 saturated carbocycles. The lowest BCUT2D eigenvalue weighted by Gasteiger charge is -2.17. The van der Waals surface area contributed by atoms with Gasteiger partial charge in [0.1, 0.15) is 6.54 Å². The molecule has 1 heterocycles. The molecule has 0 radical (unpaired) electrons. The van der Waals surface area contributed by atoms with Crippen LogP contribution in [-0.4, -0.2) is 37.5 Å². The van der Waals surface area contributed by atoms with Gasteiger partial charge in [0.2, 0.25) is 12.2 Å². The molecule has 0 fully saturated rings. The lowest BCUT2D eigenvalue weighted by atomic mass is 10.1. The first kappa shape index (κ1) is 15.6. The SMILES string of the molecule is CN(Cc1ccc2ccccc2c1)C(=O)Cn1cnc([N+](=O)[O-])n1. The van der Waals surface area contributed by atoms with E-state index < -0.39 is 10.9 Å². The highest BCUT2D eigenvalue weighted by atomic mass is 16.6. The summed E-state index contributed by atoms with van der Waals surface area (Å²) in [6, 6.07) is 14.0. The molecule has 0 aliphatic carbocycles. The molecule has 1 aromatic heterocycles. The average Bonchev–Trinajstić information content (AvgIpc) is 3.03. The van der Waals surface area contributed by atoms with Crippen LogP contribution < -0.4 is 0 Å². The average molecular weight is 325 g/mol. The molecule has 0 atom stereocenters. The molecule has 3 rings (SSSR count). The van der Waals surface area contributed by atoms with Crippen molar-refractivity contribution in [3.63, 3.8) is 0 Å². The van der Waals surface area contributed by atoms with E-state index >= 15 is 0 Å². The van der Waals surface area contributed by atoms with Crippen molar-refractivity contribution in [1.82, 2.24) is 19.7 Å². The van der Waals surface area contributed by atoms with Crippen molar-refractivity contribution in [3.8, 4) is 0 Å². The Balaban J connectivity index is 1.67. The Kier molecular flexibility index (Phi) is 4.19. The Bertz CT molecular complexity index is 905. The summed E-state index contributed by atoms with van der Waals surface area (Å²) in [5.74, 6) is -0.720. The number of carbonyl (C=O) groups excluding carboxylic acids is 1. The predicted octanol–water partition coefficient (Wildman–Crippen LogP) is 2.00. The van der Waals surface area contributed by atoms with Crippen LogP contribution in [0.1, 0.15) is 5.56 Å². The maximum atomic E-state index is 12.2. The molecule has 8 nitrogen and oxygen atoms in total. The largest absolute Gasteiger partial charge is 0.490 e. The van der Waals surface area contributed by atoms with Gasteiger partial charge >= 0.3 is 5.95 Å². The quantitative estimate of drug-likeness (QED) is 0.528. The van der Waals surface area contributed by atoms with Crippen molar-refractivity contribution in [2.24, 2.45) is 0 Å². The van der Waals surface area contributed by atoms with Crippen molar-refractivity contribution in [3.05, 3.63) is 64.5 Å². The second-order valence-electron chi connectivity index (χ2n) is 5.43. The fourth-order valence-electron chi connectivity index (χ4n) is 2.40. The van der Waals surface area contributed by atoms with E-state index in [0.717, 1.165) is 21.0 Å². The third kappa shape index (κ3) is 3.37. The molecule has 8 heteroatoms. The van der Waals surface area contributed by atoms with Gasteiger partial charge in [-0.25, -0.2) is 0 Å². The van der Waals surface area contributed by atoms with Gasteiger partial charge in [-0.05, 0) is 27.3 Å². The normalized spacial score (nSPS) is 10.7. The minimum Gasteiger partial charge on any atom is -0.390 e. The molecule has 0 aliphatic heterocycles. The monoisotopic (exact) mass is 325 g/mol. The van der Waals surface area contributed by atoms with Crippen LogP contribution in [0.2, 0.25) is 0 Å². The van der Waals surface area contributed by atoms with Crippen LogP contribution in [0.25, 0.3) is 10.8 Å². The highest BCUT2D eigenvalue weighted by molar-refractivity contribution is 5.83. The number of amides is 1. The summed E-state index contributed by atoms with van der Waals surface area (Å²) >= 11 is 0. The molecule has 24 heavy (non-hydrogen) atoms. The zero-order valence-corrected chi connectivity index (χ0v) is 13.0. The number of hydrogen-bond donors (Lipinski definition) is 0. The van der Waals surface area contributed by atoms with Crippen LogP contribution >= 0.6 is 0 Å². The van der Waals surface area contributed by atoms with Gasteiger partial charge in [-0.3, -0.25) is 4.79 Å². The molecule has 2 aromatic carbocycles. The fourth-order valence-corrected chi connectivity index (χ4v) is 2.40. The number of benzene rings is 2. The van der Waals surface area contributed by atoms with Gasteiger partial charge < -0.3 is 15.0 Å². The predicted molar refractivity (Wildman–Crippen MR) is 87.1 cm³/mol. The number of nitrogens with zero attached hydrogens (tertiary/aromatic N) is 5. The summed E-state index contributed by atoms with van der Waals surface area (Å²) in [7, 11) is 1.68. The number of carbonyl (C=O) groups is 1. The van der Waals surface area contributed by atoms with Gasteiger partial charge in [0.05, 0.1) is 0 Å². The maximum Gasteiger partial charge on any atom is 0.490 e. The highest BCUT2D eigenvalue weighted by Gasteiger charge is 2.17. The topological polar surface area (TPSA) is 94.2 Å². The van der Waals surface area contributed by atoms with E-state index in [1.807, 2.05) is 42.5 Å². The Morgan fingerprint density at radius 1 is 1.25 bits per heavy atom.